The average molecular weight is 354 g/mol. The Kier molecular flexibility index (Phi) is 5.62. The van der Waals surface area contributed by atoms with Crippen LogP contribution >= 0.6 is 0 Å². The van der Waals surface area contributed by atoms with Gasteiger partial charge in [0.15, 0.2) is 0 Å². The Morgan fingerprint density at radius 1 is 0.667 bits per heavy atom. The van der Waals surface area contributed by atoms with Gasteiger partial charge in [-0.3, -0.25) is 0 Å². The molecule has 0 aromatic heterocycles. The van der Waals surface area contributed by atoms with E-state index >= 15 is 0 Å². The van der Waals surface area contributed by atoms with E-state index in [0.717, 1.165) is 17.1 Å². The maximum absolute atomic E-state index is 9.62. The number of para-hydroxylation sites is 1. The second-order valence-corrected chi connectivity index (χ2v) is 7.46. The SMILES string of the molecule is CC(C)c1ccc(N(c2ccc(C(C)C)cc2)c2ccccc2C#N)cc1. The highest BCUT2D eigenvalue weighted by Crippen LogP contribution is 2.37. The summed E-state index contributed by atoms with van der Waals surface area (Å²) >= 11 is 0. The van der Waals surface area contributed by atoms with Crippen molar-refractivity contribution < 1.29 is 0 Å². The van der Waals surface area contributed by atoms with Gasteiger partial charge in [0.25, 0.3) is 0 Å². The maximum atomic E-state index is 9.62. The second kappa shape index (κ2) is 8.10. The van der Waals surface area contributed by atoms with E-state index in [1.807, 2.05) is 24.3 Å². The molecule has 2 nitrogen and oxygen atoms in total. The third kappa shape index (κ3) is 4.04. The van der Waals surface area contributed by atoms with E-state index in [2.05, 4.69) is 87.2 Å². The van der Waals surface area contributed by atoms with Gasteiger partial charge in [0, 0.05) is 11.4 Å². The molecule has 0 unspecified atom stereocenters. The van der Waals surface area contributed by atoms with Crippen LogP contribution in [-0.2, 0) is 0 Å². The summed E-state index contributed by atoms with van der Waals surface area (Å²) in [6.07, 6.45) is 0. The van der Waals surface area contributed by atoms with E-state index < -0.39 is 0 Å². The Morgan fingerprint density at radius 3 is 1.52 bits per heavy atom. The smallest absolute Gasteiger partial charge is 0.101 e. The van der Waals surface area contributed by atoms with Gasteiger partial charge >= 0.3 is 0 Å². The quantitative estimate of drug-likeness (QED) is 0.481. The number of hydrogen-bond donors (Lipinski definition) is 0. The van der Waals surface area contributed by atoms with Crippen molar-refractivity contribution in [2.75, 3.05) is 4.90 Å². The zero-order valence-corrected chi connectivity index (χ0v) is 16.5. The molecule has 0 bridgehead atoms. The van der Waals surface area contributed by atoms with E-state index in [1.54, 1.807) is 0 Å². The fraction of sp³-hybridized carbons (Fsp3) is 0.240. The lowest BCUT2D eigenvalue weighted by atomic mass is 10.0. The van der Waals surface area contributed by atoms with Crippen LogP contribution < -0.4 is 4.90 Å². The average Bonchev–Trinajstić information content (AvgIpc) is 2.69. The summed E-state index contributed by atoms with van der Waals surface area (Å²) in [5, 5.41) is 9.62. The van der Waals surface area contributed by atoms with E-state index in [0.29, 0.717) is 17.4 Å². The van der Waals surface area contributed by atoms with Crippen molar-refractivity contribution in [1.29, 1.82) is 5.26 Å². The van der Waals surface area contributed by atoms with Crippen molar-refractivity contribution >= 4 is 17.1 Å². The van der Waals surface area contributed by atoms with Gasteiger partial charge in [0.05, 0.1) is 11.3 Å². The largest absolute Gasteiger partial charge is 0.309 e. The van der Waals surface area contributed by atoms with Gasteiger partial charge in [-0.15, -0.1) is 0 Å². The van der Waals surface area contributed by atoms with Crippen molar-refractivity contribution in [3.05, 3.63) is 89.5 Å². The highest BCUT2D eigenvalue weighted by atomic mass is 15.1. The summed E-state index contributed by atoms with van der Waals surface area (Å²) < 4.78 is 0. The van der Waals surface area contributed by atoms with Gasteiger partial charge in [0.1, 0.15) is 6.07 Å². The highest BCUT2D eigenvalue weighted by Gasteiger charge is 2.16. The molecule has 2 heteroatoms. The van der Waals surface area contributed by atoms with Crippen molar-refractivity contribution in [3.63, 3.8) is 0 Å². The number of hydrogen-bond acceptors (Lipinski definition) is 2. The summed E-state index contributed by atoms with van der Waals surface area (Å²) in [7, 11) is 0. The van der Waals surface area contributed by atoms with Crippen molar-refractivity contribution in [2.45, 2.75) is 39.5 Å². The molecule has 0 atom stereocenters. The summed E-state index contributed by atoms with van der Waals surface area (Å²) in [6, 6.07) is 27.3. The molecule has 0 amide bonds. The van der Waals surface area contributed by atoms with Crippen LogP contribution in [0.1, 0.15) is 56.2 Å². The molecule has 0 heterocycles. The predicted octanol–water partition coefficient (Wildman–Crippen LogP) is 7.27. The first-order valence-electron chi connectivity index (χ1n) is 9.50. The minimum absolute atomic E-state index is 0.490. The normalized spacial score (nSPS) is 10.9. The zero-order valence-electron chi connectivity index (χ0n) is 16.5. The number of nitrogens with zero attached hydrogens (tertiary/aromatic N) is 2. The third-order valence-corrected chi connectivity index (χ3v) is 4.90. The zero-order chi connectivity index (χ0) is 19.4. The first-order valence-corrected chi connectivity index (χ1v) is 9.50. The van der Waals surface area contributed by atoms with Gasteiger partial charge in [-0.05, 0) is 59.4 Å². The molecule has 0 aliphatic heterocycles. The lowest BCUT2D eigenvalue weighted by molar-refractivity contribution is 0.866. The molecule has 136 valence electrons. The molecule has 0 radical (unpaired) electrons. The molecule has 0 fully saturated rings. The first kappa shape index (κ1) is 18.7. The molecule has 0 aliphatic rings. The van der Waals surface area contributed by atoms with E-state index in [9.17, 15) is 5.26 Å². The minimum Gasteiger partial charge on any atom is -0.309 e. The van der Waals surface area contributed by atoms with Crippen LogP contribution in [0.2, 0.25) is 0 Å². The Hall–Kier alpha value is -3.05. The molecule has 0 saturated heterocycles. The van der Waals surface area contributed by atoms with Crippen molar-refractivity contribution in [1.82, 2.24) is 0 Å². The Bertz CT molecular complexity index is 878. The van der Waals surface area contributed by atoms with Gasteiger partial charge in [-0.1, -0.05) is 64.1 Å². The lowest BCUT2D eigenvalue weighted by Gasteiger charge is -2.27. The van der Waals surface area contributed by atoms with Gasteiger partial charge in [0.2, 0.25) is 0 Å². The molecule has 3 rings (SSSR count). The van der Waals surface area contributed by atoms with Crippen LogP contribution in [0.5, 0.6) is 0 Å². The molecule has 0 spiro atoms. The topological polar surface area (TPSA) is 27.0 Å². The molecule has 0 N–H and O–H groups in total. The maximum Gasteiger partial charge on any atom is 0.101 e. The fourth-order valence-corrected chi connectivity index (χ4v) is 3.21. The van der Waals surface area contributed by atoms with Crippen LogP contribution in [0.3, 0.4) is 0 Å². The molecule has 3 aromatic carbocycles. The molecule has 27 heavy (non-hydrogen) atoms. The summed E-state index contributed by atoms with van der Waals surface area (Å²) in [6.45, 7) is 8.79. The monoisotopic (exact) mass is 354 g/mol. The van der Waals surface area contributed by atoms with E-state index in [1.165, 1.54) is 11.1 Å². The fourth-order valence-electron chi connectivity index (χ4n) is 3.21. The van der Waals surface area contributed by atoms with Gasteiger partial charge < -0.3 is 4.90 Å². The van der Waals surface area contributed by atoms with E-state index in [-0.39, 0.29) is 0 Å². The van der Waals surface area contributed by atoms with Gasteiger partial charge in [-0.25, -0.2) is 0 Å². The first-order chi connectivity index (χ1) is 13.0. The Labute approximate surface area is 162 Å². The molecule has 3 aromatic rings. The number of rotatable bonds is 5. The predicted molar refractivity (Wildman–Crippen MR) is 114 cm³/mol. The van der Waals surface area contributed by atoms with Crippen LogP contribution in [0, 0.1) is 11.3 Å². The number of benzene rings is 3. The van der Waals surface area contributed by atoms with Crippen molar-refractivity contribution in [2.24, 2.45) is 0 Å². The summed E-state index contributed by atoms with van der Waals surface area (Å²) in [4.78, 5) is 2.16. The van der Waals surface area contributed by atoms with Crippen LogP contribution in [0.4, 0.5) is 17.1 Å². The summed E-state index contributed by atoms with van der Waals surface area (Å²) in [5.74, 6) is 0.980. The van der Waals surface area contributed by atoms with Crippen LogP contribution in [-0.4, -0.2) is 0 Å². The summed E-state index contributed by atoms with van der Waals surface area (Å²) in [5.41, 5.74) is 6.29. The molecule has 0 saturated carbocycles. The molecular weight excluding hydrogens is 328 g/mol. The number of nitriles is 1. The second-order valence-electron chi connectivity index (χ2n) is 7.46. The minimum atomic E-state index is 0.490. The van der Waals surface area contributed by atoms with E-state index in [4.69, 9.17) is 0 Å². The molecular formula is C25H26N2. The molecule has 0 aliphatic carbocycles. The Morgan fingerprint density at radius 2 is 1.11 bits per heavy atom. The van der Waals surface area contributed by atoms with Crippen LogP contribution in [0.15, 0.2) is 72.8 Å². The third-order valence-electron chi connectivity index (χ3n) is 4.90. The van der Waals surface area contributed by atoms with Gasteiger partial charge in [-0.2, -0.15) is 5.26 Å². The lowest BCUT2D eigenvalue weighted by Crippen LogP contribution is -2.11. The highest BCUT2D eigenvalue weighted by molar-refractivity contribution is 5.80. The van der Waals surface area contributed by atoms with Crippen molar-refractivity contribution in [3.8, 4) is 6.07 Å². The number of anilines is 3. The standard InChI is InChI=1S/C25H26N2/c1-18(2)20-9-13-23(14-10-20)27(25-8-6-5-7-22(25)17-26)24-15-11-21(12-16-24)19(3)4/h5-16,18-19H,1-4H3. The van der Waals surface area contributed by atoms with Crippen LogP contribution in [0.25, 0.3) is 0 Å². The Balaban J connectivity index is 2.13.